The Kier molecular flexibility index (Phi) is 5.06. The van der Waals surface area contributed by atoms with Crippen molar-refractivity contribution in [3.05, 3.63) is 70.8 Å². The van der Waals surface area contributed by atoms with Gasteiger partial charge in [-0.15, -0.1) is 0 Å². The summed E-state index contributed by atoms with van der Waals surface area (Å²) in [7, 11) is -6.86. The summed E-state index contributed by atoms with van der Waals surface area (Å²) >= 11 is 0. The summed E-state index contributed by atoms with van der Waals surface area (Å²) in [6, 6.07) is 13.2. The van der Waals surface area contributed by atoms with Crippen LogP contribution in [-0.2, 0) is 20.0 Å². The summed E-state index contributed by atoms with van der Waals surface area (Å²) < 4.78 is 65.0. The monoisotopic (exact) mass is 476 g/mol. The van der Waals surface area contributed by atoms with Crippen LogP contribution in [0, 0.1) is 10.1 Å². The van der Waals surface area contributed by atoms with Gasteiger partial charge in [-0.05, 0) is 30.3 Å². The second-order valence-corrected chi connectivity index (χ2v) is 10.4. The van der Waals surface area contributed by atoms with Gasteiger partial charge in [0.05, 0.1) is 29.7 Å². The van der Waals surface area contributed by atoms with Crippen LogP contribution in [0.1, 0.15) is 0 Å². The molecule has 0 radical (unpaired) electrons. The van der Waals surface area contributed by atoms with Crippen molar-refractivity contribution in [1.82, 2.24) is 0 Å². The minimum Gasteiger partial charge on any atom is -0.497 e. The first-order valence-electron chi connectivity index (χ1n) is 9.03. The fraction of sp³-hybridized carbons (Fsp3) is 0.100. The van der Waals surface area contributed by atoms with Crippen molar-refractivity contribution in [2.75, 3.05) is 17.9 Å². The Morgan fingerprint density at radius 1 is 0.938 bits per heavy atom. The molecule has 1 heterocycles. The van der Waals surface area contributed by atoms with Crippen LogP contribution in [0.25, 0.3) is 11.1 Å². The predicted octanol–water partition coefficient (Wildman–Crippen LogP) is 3.18. The van der Waals surface area contributed by atoms with Gasteiger partial charge in [0.25, 0.3) is 25.7 Å². The van der Waals surface area contributed by atoms with E-state index in [0.717, 1.165) is 18.2 Å². The molecule has 0 atom stereocenters. The van der Waals surface area contributed by atoms with Gasteiger partial charge in [0.2, 0.25) is 0 Å². The molecule has 10 nitrogen and oxygen atoms in total. The molecule has 166 valence electrons. The van der Waals surface area contributed by atoms with Gasteiger partial charge in [-0.25, -0.2) is 0 Å². The second-order valence-electron chi connectivity index (χ2n) is 6.68. The highest BCUT2D eigenvalue weighted by Gasteiger charge is 2.44. The van der Waals surface area contributed by atoms with E-state index in [9.17, 15) is 26.9 Å². The largest absolute Gasteiger partial charge is 0.497 e. The summed E-state index contributed by atoms with van der Waals surface area (Å²) in [6.07, 6.45) is 0. The molecule has 3 aromatic rings. The summed E-state index contributed by atoms with van der Waals surface area (Å²) in [5.74, 6) is 0.155. The number of sulfonamides is 2. The maximum Gasteiger partial charge on any atom is 0.281 e. The molecular formula is C20H16N2O8S2. The molecule has 0 spiro atoms. The third kappa shape index (κ3) is 3.15. The number of anilines is 1. The van der Waals surface area contributed by atoms with Gasteiger partial charge in [-0.1, -0.05) is 18.2 Å². The maximum atomic E-state index is 13.7. The van der Waals surface area contributed by atoms with E-state index in [2.05, 4.69) is 0 Å². The van der Waals surface area contributed by atoms with Crippen molar-refractivity contribution in [3.63, 3.8) is 0 Å². The van der Waals surface area contributed by atoms with Gasteiger partial charge < -0.3 is 9.47 Å². The zero-order valence-electron chi connectivity index (χ0n) is 16.8. The lowest BCUT2D eigenvalue weighted by molar-refractivity contribution is -0.385. The van der Waals surface area contributed by atoms with E-state index < -0.39 is 35.6 Å². The fourth-order valence-electron chi connectivity index (χ4n) is 3.48. The number of nitrogens with zero attached hydrogens (tertiary/aromatic N) is 2. The van der Waals surface area contributed by atoms with Crippen LogP contribution in [-0.4, -0.2) is 36.0 Å². The Balaban J connectivity index is 2.07. The normalized spacial score (nSPS) is 14.2. The average molecular weight is 476 g/mol. The molecule has 0 fully saturated rings. The fourth-order valence-corrected chi connectivity index (χ4v) is 7.57. The Labute approximate surface area is 183 Å². The molecule has 0 amide bonds. The average Bonchev–Trinajstić information content (AvgIpc) is 2.78. The van der Waals surface area contributed by atoms with E-state index in [0.29, 0.717) is 16.9 Å². The van der Waals surface area contributed by atoms with Gasteiger partial charge in [-0.3, -0.25) is 10.1 Å². The number of hydrogen-bond acceptors (Lipinski definition) is 8. The molecule has 1 aliphatic rings. The highest BCUT2D eigenvalue weighted by molar-refractivity contribution is 8.10. The quantitative estimate of drug-likeness (QED) is 0.405. The highest BCUT2D eigenvalue weighted by Crippen LogP contribution is 2.47. The molecule has 0 aromatic heterocycles. The Hall–Kier alpha value is -3.64. The van der Waals surface area contributed by atoms with Gasteiger partial charge in [-0.2, -0.15) is 20.5 Å². The minimum atomic E-state index is -4.87. The Morgan fingerprint density at radius 2 is 1.66 bits per heavy atom. The van der Waals surface area contributed by atoms with Crippen LogP contribution in [0.15, 0.2) is 70.5 Å². The van der Waals surface area contributed by atoms with Crippen LogP contribution < -0.4 is 13.2 Å². The number of nitro benzene ring substituents is 1. The van der Waals surface area contributed by atoms with Crippen LogP contribution in [0.4, 0.5) is 11.4 Å². The first-order valence-corrected chi connectivity index (χ1v) is 11.9. The third-order valence-electron chi connectivity index (χ3n) is 4.93. The van der Waals surface area contributed by atoms with Crippen LogP contribution in [0.5, 0.6) is 11.5 Å². The number of rotatable bonds is 5. The Bertz CT molecular complexity index is 1470. The zero-order valence-corrected chi connectivity index (χ0v) is 18.4. The molecule has 1 aliphatic heterocycles. The Morgan fingerprint density at radius 3 is 2.31 bits per heavy atom. The molecule has 4 rings (SSSR count). The van der Waals surface area contributed by atoms with E-state index >= 15 is 0 Å². The first kappa shape index (κ1) is 21.6. The summed E-state index contributed by atoms with van der Waals surface area (Å²) in [5.41, 5.74) is -0.0613. The van der Waals surface area contributed by atoms with Crippen molar-refractivity contribution >= 4 is 31.4 Å². The van der Waals surface area contributed by atoms with E-state index in [1.807, 2.05) is 0 Å². The molecule has 0 bridgehead atoms. The smallest absolute Gasteiger partial charge is 0.281 e. The number of ether oxygens (including phenoxy) is 2. The van der Waals surface area contributed by atoms with Crippen LogP contribution >= 0.6 is 0 Å². The second kappa shape index (κ2) is 7.50. The summed E-state index contributed by atoms with van der Waals surface area (Å²) in [5, 5.41) is 11.2. The van der Waals surface area contributed by atoms with Crippen LogP contribution in [0.2, 0.25) is 0 Å². The van der Waals surface area contributed by atoms with Gasteiger partial charge >= 0.3 is 0 Å². The lowest BCUT2D eigenvalue weighted by Crippen LogP contribution is -2.39. The molecule has 0 saturated heterocycles. The molecular weight excluding hydrogens is 460 g/mol. The van der Waals surface area contributed by atoms with Crippen LogP contribution in [0.3, 0.4) is 0 Å². The van der Waals surface area contributed by atoms with Crippen molar-refractivity contribution in [1.29, 1.82) is 0 Å². The molecule has 0 aliphatic carbocycles. The molecule has 0 saturated carbocycles. The number of nitro groups is 1. The number of methoxy groups -OCH3 is 2. The zero-order chi connectivity index (χ0) is 23.3. The van der Waals surface area contributed by atoms with Crippen molar-refractivity contribution < 1.29 is 31.2 Å². The molecule has 0 unspecified atom stereocenters. The van der Waals surface area contributed by atoms with E-state index in [-0.39, 0.29) is 20.0 Å². The molecule has 32 heavy (non-hydrogen) atoms. The molecule has 3 aromatic carbocycles. The van der Waals surface area contributed by atoms with Crippen molar-refractivity contribution in [2.24, 2.45) is 0 Å². The van der Waals surface area contributed by atoms with Gasteiger partial charge in [0.15, 0.2) is 0 Å². The van der Waals surface area contributed by atoms with Crippen molar-refractivity contribution in [2.45, 2.75) is 9.79 Å². The number of hydrogen-bond donors (Lipinski definition) is 0. The van der Waals surface area contributed by atoms with E-state index in [4.69, 9.17) is 9.47 Å². The van der Waals surface area contributed by atoms with Gasteiger partial charge in [0.1, 0.15) is 16.4 Å². The SMILES string of the molecule is COc1ccc2c(c1)-c1ccccc1S(=O)(=O)N2S(=O)(=O)c1cc([N+](=O)[O-])ccc1OC. The minimum absolute atomic E-state index is 0.141. The van der Waals surface area contributed by atoms with Gasteiger partial charge in [0, 0.05) is 23.3 Å². The summed E-state index contributed by atoms with van der Waals surface area (Å²) in [4.78, 5) is 9.58. The topological polar surface area (TPSA) is 133 Å². The maximum absolute atomic E-state index is 13.7. The standard InChI is InChI=1S/C20H16N2O8S2/c1-29-14-8-9-17-16(12-14)15-5-3-4-6-19(15)31(25,26)22(17)32(27,28)20-11-13(21(23)24)7-10-18(20)30-2/h3-12H,1-2H3. The molecule has 12 heteroatoms. The summed E-state index contributed by atoms with van der Waals surface area (Å²) in [6.45, 7) is 0. The predicted molar refractivity (Wildman–Crippen MR) is 115 cm³/mol. The number of benzene rings is 3. The van der Waals surface area contributed by atoms with E-state index in [1.54, 1.807) is 12.1 Å². The van der Waals surface area contributed by atoms with E-state index in [1.165, 1.54) is 44.6 Å². The van der Waals surface area contributed by atoms with Crippen molar-refractivity contribution in [3.8, 4) is 22.6 Å². The highest BCUT2D eigenvalue weighted by atomic mass is 32.3. The lowest BCUT2D eigenvalue weighted by atomic mass is 10.0. The molecule has 0 N–H and O–H groups in total. The third-order valence-corrected chi connectivity index (χ3v) is 9.16. The number of non-ortho nitro benzene ring substituents is 1. The first-order chi connectivity index (χ1) is 15.1. The lowest BCUT2D eigenvalue weighted by Gasteiger charge is -2.31. The number of fused-ring (bicyclic) bond motifs is 3.